The lowest BCUT2D eigenvalue weighted by atomic mass is 10.1. The molecule has 0 heterocycles. The molecule has 0 aliphatic heterocycles. The predicted molar refractivity (Wildman–Crippen MR) is 61.7 cm³/mol. The Labute approximate surface area is 99.9 Å². The number of quaternary nitrogens is 1. The average molecular weight is 250 g/mol. The Bertz CT molecular complexity index is 254. The van der Waals surface area contributed by atoms with Gasteiger partial charge in [0.2, 0.25) is 0 Å². The third-order valence-electron chi connectivity index (χ3n) is 1.71. The van der Waals surface area contributed by atoms with E-state index < -0.39 is 11.4 Å². The van der Waals surface area contributed by atoms with E-state index in [2.05, 4.69) is 27.7 Å². The van der Waals surface area contributed by atoms with Gasteiger partial charge < -0.3 is 13.6 Å². The van der Waals surface area contributed by atoms with Crippen molar-refractivity contribution < 1.29 is 22.6 Å². The molecule has 0 aliphatic carbocycles. The van der Waals surface area contributed by atoms with Gasteiger partial charge in [0.05, 0.1) is 27.7 Å². The number of ketones is 1. The quantitative estimate of drug-likeness (QED) is 0.407. The summed E-state index contributed by atoms with van der Waals surface area (Å²) in [6.45, 7) is 6.43. The summed E-state index contributed by atoms with van der Waals surface area (Å²) in [7, 11) is 6.39. The van der Waals surface area contributed by atoms with Gasteiger partial charge in [0, 0.05) is 12.8 Å². The maximum absolute atomic E-state index is 11.1. The molecule has 5 nitrogen and oxygen atoms in total. The Morgan fingerprint density at radius 3 is 1.94 bits per heavy atom. The zero-order valence-electron chi connectivity index (χ0n) is 10.3. The Hall–Kier alpha value is -0.560. The second kappa shape index (κ2) is 8.58. The third-order valence-corrected chi connectivity index (χ3v) is 1.71. The molecule has 16 heavy (non-hydrogen) atoms. The first kappa shape index (κ1) is 17.8. The van der Waals surface area contributed by atoms with E-state index in [1.807, 2.05) is 0 Å². The smallest absolute Gasteiger partial charge is 0.158 e. The Morgan fingerprint density at radius 1 is 1.31 bits per heavy atom. The fraction of sp³-hybridized carbons (Fsp3) is 0.700. The van der Waals surface area contributed by atoms with Crippen LogP contribution in [0.15, 0.2) is 12.2 Å². The molecule has 0 amide bonds. The number of carbonyl (C=O) groups excluding carboxylic acids is 1. The lowest BCUT2D eigenvalue weighted by Gasteiger charge is -2.23. The van der Waals surface area contributed by atoms with Gasteiger partial charge in [-0.05, 0) is 12.5 Å². The van der Waals surface area contributed by atoms with Crippen LogP contribution in [0.2, 0.25) is 0 Å². The van der Waals surface area contributed by atoms with E-state index >= 15 is 0 Å². The van der Waals surface area contributed by atoms with Crippen LogP contribution in [0.25, 0.3) is 0 Å². The van der Waals surface area contributed by atoms with Gasteiger partial charge in [-0.25, -0.2) is 0 Å². The lowest BCUT2D eigenvalue weighted by molar-refractivity contribution is -0.870. The highest BCUT2D eigenvalue weighted by molar-refractivity contribution is 7.72. The molecule has 0 radical (unpaired) electrons. The second-order valence-corrected chi connectivity index (χ2v) is 4.93. The van der Waals surface area contributed by atoms with Crippen molar-refractivity contribution in [2.45, 2.75) is 19.8 Å². The van der Waals surface area contributed by atoms with Crippen LogP contribution in [0.5, 0.6) is 0 Å². The highest BCUT2D eigenvalue weighted by atomic mass is 32.2. The third kappa shape index (κ3) is 19.1. The molecule has 96 valence electrons. The molecule has 0 aromatic carbocycles. The van der Waals surface area contributed by atoms with Crippen LogP contribution in [0.1, 0.15) is 19.8 Å². The molecule has 0 unspecified atom stereocenters. The number of allylic oxidation sites excluding steroid dienone is 1. The molecular weight excluding hydrogens is 230 g/mol. The van der Waals surface area contributed by atoms with Crippen molar-refractivity contribution in [3.05, 3.63) is 12.2 Å². The lowest BCUT2D eigenvalue weighted by Crippen LogP contribution is -2.35. The van der Waals surface area contributed by atoms with Gasteiger partial charge in [-0.2, -0.15) is 0 Å². The van der Waals surface area contributed by atoms with E-state index in [-0.39, 0.29) is 5.78 Å². The molecule has 0 bridgehead atoms. The summed E-state index contributed by atoms with van der Waals surface area (Å²) < 4.78 is 26.3. The molecule has 6 heteroatoms. The minimum Gasteiger partial charge on any atom is -0.784 e. The fourth-order valence-electron chi connectivity index (χ4n) is 0.927. The second-order valence-electron chi connectivity index (χ2n) is 4.53. The molecule has 0 aliphatic rings. The van der Waals surface area contributed by atoms with Gasteiger partial charge >= 0.3 is 0 Å². The van der Waals surface area contributed by atoms with Gasteiger partial charge in [-0.1, -0.05) is 6.58 Å². The highest BCUT2D eigenvalue weighted by Gasteiger charge is 2.08. The van der Waals surface area contributed by atoms with Crippen molar-refractivity contribution in [1.29, 1.82) is 0 Å². The van der Waals surface area contributed by atoms with Gasteiger partial charge in [-0.3, -0.25) is 9.00 Å². The van der Waals surface area contributed by atoms with E-state index in [0.29, 0.717) is 12.0 Å². The molecule has 0 aromatic rings. The van der Waals surface area contributed by atoms with E-state index in [9.17, 15) is 4.79 Å². The van der Waals surface area contributed by atoms with Gasteiger partial charge in [0.15, 0.2) is 5.78 Å². The van der Waals surface area contributed by atoms with E-state index in [4.69, 9.17) is 13.3 Å². The van der Waals surface area contributed by atoms with E-state index in [0.717, 1.165) is 17.4 Å². The topological polar surface area (TPSA) is 80.3 Å². The maximum Gasteiger partial charge on any atom is 0.158 e. The largest absolute Gasteiger partial charge is 0.784 e. The van der Waals surface area contributed by atoms with Crippen molar-refractivity contribution in [3.8, 4) is 0 Å². The van der Waals surface area contributed by atoms with Crippen molar-refractivity contribution >= 4 is 17.1 Å². The van der Waals surface area contributed by atoms with Gasteiger partial charge in [0.1, 0.15) is 0 Å². The molecule has 0 atom stereocenters. The standard InChI is InChI=1S/C10H20NO.H2O3S/c1-9(2)10(12)7-6-8-11(3,4)5;1-4(2)3/h1,6-8H2,2-5H3;(H2,1,2,3)/q+1;/p-2. The molecule has 0 saturated carbocycles. The number of carbonyl (C=O) groups is 1. The summed E-state index contributed by atoms with van der Waals surface area (Å²) in [5.74, 6) is 0.198. The Kier molecular flexibility index (Phi) is 9.55. The van der Waals surface area contributed by atoms with E-state index in [1.165, 1.54) is 0 Å². The first-order valence-electron chi connectivity index (χ1n) is 4.82. The molecular formula is C10H20NO4S-. The zero-order valence-corrected chi connectivity index (χ0v) is 11.1. The normalized spacial score (nSPS) is 10.7. The van der Waals surface area contributed by atoms with Crippen LogP contribution in [0.4, 0.5) is 0 Å². The SMILES string of the molecule is C=C(C)C(=O)CCC[N+](C)(C)C.O=S([O-])[O-]. The predicted octanol–water partition coefficient (Wildman–Crippen LogP) is 0.614. The fourth-order valence-corrected chi connectivity index (χ4v) is 0.927. The first-order chi connectivity index (χ1) is 7.06. The Morgan fingerprint density at radius 2 is 1.69 bits per heavy atom. The molecule has 0 saturated heterocycles. The number of hydrogen-bond donors (Lipinski definition) is 0. The number of rotatable bonds is 5. The minimum absolute atomic E-state index is 0.198. The van der Waals surface area contributed by atoms with Crippen LogP contribution in [-0.4, -0.2) is 51.3 Å². The minimum atomic E-state index is -3.11. The number of hydrogen-bond acceptors (Lipinski definition) is 4. The molecule has 0 fully saturated rings. The summed E-state index contributed by atoms with van der Waals surface area (Å²) in [5.41, 5.74) is 0.677. The number of Topliss-reactive ketones (excluding diaryl/α,β-unsaturated/α-hetero) is 1. The van der Waals surface area contributed by atoms with Crippen LogP contribution in [-0.2, 0) is 16.2 Å². The summed E-state index contributed by atoms with van der Waals surface area (Å²) in [4.78, 5) is 11.1. The molecule has 0 aromatic heterocycles. The van der Waals surface area contributed by atoms with Gasteiger partial charge in [-0.15, -0.1) is 11.4 Å². The summed E-state index contributed by atoms with van der Waals surface area (Å²) in [5, 5.41) is 0. The zero-order chi connectivity index (χ0) is 13.4. The van der Waals surface area contributed by atoms with Crippen LogP contribution < -0.4 is 0 Å². The maximum atomic E-state index is 11.1. The summed E-state index contributed by atoms with van der Waals surface area (Å²) in [6.07, 6.45) is 1.60. The molecule has 0 rings (SSSR count). The number of nitrogens with zero attached hydrogens (tertiary/aromatic N) is 1. The summed E-state index contributed by atoms with van der Waals surface area (Å²) in [6, 6.07) is 0. The monoisotopic (exact) mass is 250 g/mol. The summed E-state index contributed by atoms with van der Waals surface area (Å²) >= 11 is -3.11. The average Bonchev–Trinajstić information content (AvgIpc) is 2.00. The van der Waals surface area contributed by atoms with Gasteiger partial charge in [0.25, 0.3) is 0 Å². The van der Waals surface area contributed by atoms with Crippen molar-refractivity contribution in [2.24, 2.45) is 0 Å². The molecule has 0 spiro atoms. The highest BCUT2D eigenvalue weighted by Crippen LogP contribution is 2.02. The van der Waals surface area contributed by atoms with Crippen LogP contribution >= 0.6 is 0 Å². The van der Waals surface area contributed by atoms with Crippen molar-refractivity contribution in [2.75, 3.05) is 27.7 Å². The van der Waals surface area contributed by atoms with Crippen molar-refractivity contribution in [1.82, 2.24) is 0 Å². The molecule has 0 N–H and O–H groups in total. The first-order valence-corrected chi connectivity index (χ1v) is 5.82. The van der Waals surface area contributed by atoms with Crippen LogP contribution in [0, 0.1) is 0 Å². The van der Waals surface area contributed by atoms with Crippen molar-refractivity contribution in [3.63, 3.8) is 0 Å². The van der Waals surface area contributed by atoms with E-state index in [1.54, 1.807) is 6.92 Å². The van der Waals surface area contributed by atoms with Crippen LogP contribution in [0.3, 0.4) is 0 Å². The Balaban J connectivity index is 0.